The van der Waals surface area contributed by atoms with Gasteiger partial charge in [-0.1, -0.05) is 30.3 Å². The average Bonchev–Trinajstić information content (AvgIpc) is 3.39. The van der Waals surface area contributed by atoms with E-state index in [9.17, 15) is 4.79 Å². The van der Waals surface area contributed by atoms with Crippen molar-refractivity contribution in [3.8, 4) is 5.75 Å². The van der Waals surface area contributed by atoms with Gasteiger partial charge in [-0.2, -0.15) is 0 Å². The molecule has 4 rings (SSSR count). The lowest BCUT2D eigenvalue weighted by Crippen LogP contribution is -2.30. The molecule has 0 atom stereocenters. The molecule has 1 N–H and O–H groups in total. The van der Waals surface area contributed by atoms with E-state index >= 15 is 0 Å². The minimum atomic E-state index is -0.134. The summed E-state index contributed by atoms with van der Waals surface area (Å²) in [6, 6.07) is 12.0. The average molecular weight is 380 g/mol. The van der Waals surface area contributed by atoms with Crippen LogP contribution in [-0.2, 0) is 24.4 Å². The molecule has 1 saturated heterocycles. The summed E-state index contributed by atoms with van der Waals surface area (Å²) in [7, 11) is 1.64. The van der Waals surface area contributed by atoms with Crippen LogP contribution >= 0.6 is 0 Å². The molecule has 1 fully saturated rings. The third kappa shape index (κ3) is 3.96. The van der Waals surface area contributed by atoms with E-state index in [-0.39, 0.29) is 12.5 Å². The highest BCUT2D eigenvalue weighted by Gasteiger charge is 2.17. The molecule has 1 amide bonds. The van der Waals surface area contributed by atoms with E-state index in [1.165, 1.54) is 12.8 Å². The third-order valence-electron chi connectivity index (χ3n) is 5.14. The Hall–Kier alpha value is -3.00. The highest BCUT2D eigenvalue weighted by atomic mass is 16.5. The number of tetrazole rings is 1. The number of rotatable bonds is 7. The highest BCUT2D eigenvalue weighted by molar-refractivity contribution is 5.88. The van der Waals surface area contributed by atoms with Crippen LogP contribution in [0.3, 0.4) is 0 Å². The van der Waals surface area contributed by atoms with Crippen LogP contribution in [0, 0.1) is 0 Å². The summed E-state index contributed by atoms with van der Waals surface area (Å²) in [5, 5.41) is 17.0. The van der Waals surface area contributed by atoms with Gasteiger partial charge in [0.05, 0.1) is 13.7 Å². The van der Waals surface area contributed by atoms with Crippen molar-refractivity contribution in [1.82, 2.24) is 30.4 Å². The predicted molar refractivity (Wildman–Crippen MR) is 105 cm³/mol. The molecule has 146 valence electrons. The van der Waals surface area contributed by atoms with Crippen LogP contribution in [-0.4, -0.2) is 51.2 Å². The molecular formula is C20H24N6O2. The third-order valence-corrected chi connectivity index (χ3v) is 5.14. The lowest BCUT2D eigenvalue weighted by Gasteiger charge is -2.14. The smallest absolute Gasteiger partial charge is 0.242 e. The first-order valence-electron chi connectivity index (χ1n) is 9.53. The van der Waals surface area contributed by atoms with Crippen molar-refractivity contribution in [1.29, 1.82) is 0 Å². The van der Waals surface area contributed by atoms with Gasteiger partial charge in [-0.25, -0.2) is 4.68 Å². The van der Waals surface area contributed by atoms with E-state index in [2.05, 4.69) is 25.7 Å². The molecule has 0 saturated carbocycles. The fraction of sp³-hybridized carbons (Fsp3) is 0.400. The van der Waals surface area contributed by atoms with Crippen molar-refractivity contribution in [3.63, 3.8) is 0 Å². The van der Waals surface area contributed by atoms with Crippen molar-refractivity contribution in [2.24, 2.45) is 0 Å². The van der Waals surface area contributed by atoms with Crippen molar-refractivity contribution < 1.29 is 9.53 Å². The number of carbonyl (C=O) groups excluding carboxylic acids is 1. The number of methoxy groups -OCH3 is 1. The van der Waals surface area contributed by atoms with E-state index in [0.717, 1.165) is 41.0 Å². The summed E-state index contributed by atoms with van der Waals surface area (Å²) >= 11 is 0. The molecule has 0 aliphatic carbocycles. The summed E-state index contributed by atoms with van der Waals surface area (Å²) in [5.74, 6) is 1.35. The molecule has 2 heterocycles. The fourth-order valence-corrected chi connectivity index (χ4v) is 3.67. The summed E-state index contributed by atoms with van der Waals surface area (Å²) < 4.78 is 7.07. The van der Waals surface area contributed by atoms with Gasteiger partial charge in [0, 0.05) is 12.1 Å². The van der Waals surface area contributed by atoms with Crippen molar-refractivity contribution in [2.75, 3.05) is 20.2 Å². The normalized spacial score (nSPS) is 14.5. The van der Waals surface area contributed by atoms with Crippen LogP contribution in [0.15, 0.2) is 36.4 Å². The number of nitrogens with one attached hydrogen (secondary N) is 1. The second kappa shape index (κ2) is 8.35. The SMILES string of the molecule is COc1ccc2ccccc2c1CNC(=O)Cn1nnnc1CN1CCCC1. The van der Waals surface area contributed by atoms with Gasteiger partial charge in [-0.15, -0.1) is 5.10 Å². The minimum Gasteiger partial charge on any atom is -0.496 e. The number of carbonyl (C=O) groups is 1. The number of ether oxygens (including phenoxy) is 1. The topological polar surface area (TPSA) is 85.2 Å². The van der Waals surface area contributed by atoms with Gasteiger partial charge >= 0.3 is 0 Å². The zero-order chi connectivity index (χ0) is 19.3. The number of likely N-dealkylation sites (tertiary alicyclic amines) is 1. The van der Waals surface area contributed by atoms with E-state index in [0.29, 0.717) is 13.1 Å². The van der Waals surface area contributed by atoms with Crippen LogP contribution in [0.2, 0.25) is 0 Å². The number of nitrogens with zero attached hydrogens (tertiary/aromatic N) is 5. The summed E-state index contributed by atoms with van der Waals surface area (Å²) in [5.41, 5.74) is 0.961. The van der Waals surface area contributed by atoms with Gasteiger partial charge in [0.1, 0.15) is 12.3 Å². The van der Waals surface area contributed by atoms with Crippen LogP contribution in [0.4, 0.5) is 0 Å². The Balaban J connectivity index is 1.43. The summed E-state index contributed by atoms with van der Waals surface area (Å²) in [6.45, 7) is 3.27. The number of hydrogen-bond acceptors (Lipinski definition) is 6. The van der Waals surface area contributed by atoms with Gasteiger partial charge in [0.2, 0.25) is 5.91 Å². The van der Waals surface area contributed by atoms with Crippen LogP contribution in [0.1, 0.15) is 24.2 Å². The van der Waals surface area contributed by atoms with Crippen molar-refractivity contribution >= 4 is 16.7 Å². The van der Waals surface area contributed by atoms with Crippen LogP contribution in [0.5, 0.6) is 5.75 Å². The largest absolute Gasteiger partial charge is 0.496 e. The van der Waals surface area contributed by atoms with Crippen LogP contribution < -0.4 is 10.1 Å². The van der Waals surface area contributed by atoms with Gasteiger partial charge < -0.3 is 10.1 Å². The molecule has 2 aromatic carbocycles. The zero-order valence-corrected chi connectivity index (χ0v) is 16.0. The molecule has 1 aliphatic rings. The molecule has 28 heavy (non-hydrogen) atoms. The van der Waals surface area contributed by atoms with Crippen molar-refractivity contribution in [2.45, 2.75) is 32.5 Å². The molecule has 0 radical (unpaired) electrons. The molecule has 8 heteroatoms. The zero-order valence-electron chi connectivity index (χ0n) is 16.0. The Morgan fingerprint density at radius 1 is 1.18 bits per heavy atom. The van der Waals surface area contributed by atoms with E-state index in [4.69, 9.17) is 4.74 Å². The molecule has 3 aromatic rings. The second-order valence-corrected chi connectivity index (χ2v) is 6.98. The lowest BCUT2D eigenvalue weighted by atomic mass is 10.0. The molecule has 1 aromatic heterocycles. The standard InChI is InChI=1S/C20H24N6O2/c1-28-18-9-8-15-6-2-3-7-16(15)17(18)12-21-20(27)14-26-19(22-23-24-26)13-25-10-4-5-11-25/h2-3,6-9H,4-5,10-14H2,1H3,(H,21,27). The minimum absolute atomic E-state index is 0.100. The number of amides is 1. The molecule has 1 aliphatic heterocycles. The Kier molecular flexibility index (Phi) is 5.48. The first-order valence-corrected chi connectivity index (χ1v) is 9.53. The molecule has 0 spiro atoms. The molecule has 0 unspecified atom stereocenters. The monoisotopic (exact) mass is 380 g/mol. The molecule has 8 nitrogen and oxygen atoms in total. The summed E-state index contributed by atoms with van der Waals surface area (Å²) in [4.78, 5) is 14.8. The van der Waals surface area contributed by atoms with Gasteiger partial charge in [0.25, 0.3) is 0 Å². The Labute approximate surface area is 163 Å². The first kappa shape index (κ1) is 18.4. The van der Waals surface area contributed by atoms with E-state index in [1.54, 1.807) is 11.8 Å². The fourth-order valence-electron chi connectivity index (χ4n) is 3.67. The maximum atomic E-state index is 12.5. The molecule has 0 bridgehead atoms. The van der Waals surface area contributed by atoms with Gasteiger partial charge in [-0.05, 0) is 53.2 Å². The quantitative estimate of drug-likeness (QED) is 0.672. The maximum absolute atomic E-state index is 12.5. The summed E-state index contributed by atoms with van der Waals surface area (Å²) in [6.07, 6.45) is 2.41. The predicted octanol–water partition coefficient (Wildman–Crippen LogP) is 1.75. The molecular weight excluding hydrogens is 356 g/mol. The Morgan fingerprint density at radius 3 is 2.82 bits per heavy atom. The lowest BCUT2D eigenvalue weighted by molar-refractivity contribution is -0.122. The highest BCUT2D eigenvalue weighted by Crippen LogP contribution is 2.27. The van der Waals surface area contributed by atoms with Gasteiger partial charge in [0.15, 0.2) is 5.82 Å². The first-order chi connectivity index (χ1) is 13.7. The second-order valence-electron chi connectivity index (χ2n) is 6.98. The van der Waals surface area contributed by atoms with E-state index in [1.807, 2.05) is 36.4 Å². The Morgan fingerprint density at radius 2 is 2.00 bits per heavy atom. The van der Waals surface area contributed by atoms with Gasteiger partial charge in [-0.3, -0.25) is 9.69 Å². The number of benzene rings is 2. The maximum Gasteiger partial charge on any atom is 0.242 e. The number of hydrogen-bond donors (Lipinski definition) is 1. The van der Waals surface area contributed by atoms with Crippen LogP contribution in [0.25, 0.3) is 10.8 Å². The van der Waals surface area contributed by atoms with E-state index < -0.39 is 0 Å². The van der Waals surface area contributed by atoms with Crippen molar-refractivity contribution in [3.05, 3.63) is 47.8 Å². The Bertz CT molecular complexity index is 964. The number of aromatic nitrogens is 4. The number of fused-ring (bicyclic) bond motifs is 1.